The minimum absolute atomic E-state index is 0.157. The van der Waals surface area contributed by atoms with Crippen molar-refractivity contribution in [1.82, 2.24) is 4.90 Å². The summed E-state index contributed by atoms with van der Waals surface area (Å²) in [5.74, 6) is -1.04. The van der Waals surface area contributed by atoms with Crippen LogP contribution in [0.4, 0.5) is 10.1 Å². The molecule has 1 amide bonds. The highest BCUT2D eigenvalue weighted by atomic mass is 19.1. The first kappa shape index (κ1) is 14.1. The van der Waals surface area contributed by atoms with Gasteiger partial charge in [0.2, 0.25) is 5.91 Å². The Kier molecular flexibility index (Phi) is 4.09. The molecule has 1 aliphatic heterocycles. The van der Waals surface area contributed by atoms with Crippen molar-refractivity contribution in [3.63, 3.8) is 0 Å². The van der Waals surface area contributed by atoms with Crippen LogP contribution in [-0.4, -0.2) is 40.0 Å². The topological polar surface area (TPSA) is 83.7 Å². The number of carbonyl (C=O) groups is 1. The summed E-state index contributed by atoms with van der Waals surface area (Å²) in [4.78, 5) is 23.3. The van der Waals surface area contributed by atoms with Crippen molar-refractivity contribution < 1.29 is 19.2 Å². The Labute approximate surface area is 114 Å². The van der Waals surface area contributed by atoms with Gasteiger partial charge in [-0.2, -0.15) is 0 Å². The number of benzene rings is 1. The van der Waals surface area contributed by atoms with E-state index in [1.165, 1.54) is 23.1 Å². The monoisotopic (exact) mass is 280 g/mol. The Morgan fingerprint density at radius 3 is 2.90 bits per heavy atom. The first-order valence-electron chi connectivity index (χ1n) is 6.06. The minimum atomic E-state index is -0.706. The number of likely N-dealkylation sites (tertiary alicyclic amines) is 1. The zero-order valence-corrected chi connectivity index (χ0v) is 10.5. The summed E-state index contributed by atoms with van der Waals surface area (Å²) in [6.07, 6.45) is 2.48. The summed E-state index contributed by atoms with van der Waals surface area (Å²) in [6.45, 7) is 0.713. The number of nitrogens with zero attached hydrogens (tertiary/aromatic N) is 2. The van der Waals surface area contributed by atoms with Crippen LogP contribution >= 0.6 is 0 Å². The number of aliphatic hydroxyl groups excluding tert-OH is 1. The molecule has 0 radical (unpaired) electrons. The minimum Gasteiger partial charge on any atom is -0.391 e. The number of halogens is 1. The standard InChI is InChI=1S/C13H13FN2O4/c14-10-3-1-9(12(7-10)16(19)20)2-4-13(18)15-6-5-11(17)8-15/h1-4,7,11,17H,5-6,8H2/t11-/m1/s1. The van der Waals surface area contributed by atoms with E-state index < -0.39 is 22.5 Å². The van der Waals surface area contributed by atoms with Crippen LogP contribution in [0.15, 0.2) is 24.3 Å². The second kappa shape index (κ2) is 5.79. The normalized spacial score (nSPS) is 18.7. The zero-order valence-electron chi connectivity index (χ0n) is 10.5. The van der Waals surface area contributed by atoms with Crippen molar-refractivity contribution in [2.24, 2.45) is 0 Å². The molecular formula is C13H13FN2O4. The Balaban J connectivity index is 2.15. The molecule has 1 aromatic rings. The number of rotatable bonds is 3. The molecule has 0 spiro atoms. The van der Waals surface area contributed by atoms with Crippen molar-refractivity contribution in [3.8, 4) is 0 Å². The molecule has 1 heterocycles. The van der Waals surface area contributed by atoms with Crippen LogP contribution in [0.3, 0.4) is 0 Å². The van der Waals surface area contributed by atoms with Crippen molar-refractivity contribution >= 4 is 17.7 Å². The first-order valence-corrected chi connectivity index (χ1v) is 6.06. The van der Waals surface area contributed by atoms with E-state index in [0.29, 0.717) is 13.0 Å². The molecule has 1 atom stereocenters. The number of hydrogen-bond donors (Lipinski definition) is 1. The van der Waals surface area contributed by atoms with Gasteiger partial charge in [0.25, 0.3) is 5.69 Å². The molecule has 106 valence electrons. The first-order chi connectivity index (χ1) is 9.47. The number of aliphatic hydroxyl groups is 1. The Hall–Kier alpha value is -2.28. The molecule has 2 rings (SSSR count). The van der Waals surface area contributed by atoms with Crippen LogP contribution in [0.5, 0.6) is 0 Å². The average Bonchev–Trinajstić information content (AvgIpc) is 2.83. The number of carbonyl (C=O) groups excluding carboxylic acids is 1. The molecule has 1 aromatic carbocycles. The number of amides is 1. The third-order valence-electron chi connectivity index (χ3n) is 3.07. The van der Waals surface area contributed by atoms with Gasteiger partial charge in [-0.05, 0) is 24.6 Å². The van der Waals surface area contributed by atoms with Gasteiger partial charge in [0, 0.05) is 19.2 Å². The smallest absolute Gasteiger partial charge is 0.279 e. The van der Waals surface area contributed by atoms with Gasteiger partial charge in [0.1, 0.15) is 5.82 Å². The van der Waals surface area contributed by atoms with Crippen LogP contribution in [0.1, 0.15) is 12.0 Å². The lowest BCUT2D eigenvalue weighted by Crippen LogP contribution is -2.27. The number of nitro benzene ring substituents is 1. The van der Waals surface area contributed by atoms with E-state index >= 15 is 0 Å². The van der Waals surface area contributed by atoms with Gasteiger partial charge in [-0.1, -0.05) is 0 Å². The fraction of sp³-hybridized carbons (Fsp3) is 0.308. The molecule has 1 fully saturated rings. The number of nitro groups is 1. The predicted octanol–water partition coefficient (Wildman–Crippen LogP) is 1.34. The average molecular weight is 280 g/mol. The Morgan fingerprint density at radius 1 is 1.55 bits per heavy atom. The summed E-state index contributed by atoms with van der Waals surface area (Å²) in [5, 5.41) is 20.1. The lowest BCUT2D eigenvalue weighted by Gasteiger charge is -2.12. The fourth-order valence-corrected chi connectivity index (χ4v) is 2.02. The number of β-amino-alcohol motifs (C(OH)–C–C–N with tert-alkyl or cyclic N) is 1. The van der Waals surface area contributed by atoms with Gasteiger partial charge >= 0.3 is 0 Å². The van der Waals surface area contributed by atoms with Crippen LogP contribution < -0.4 is 0 Å². The Morgan fingerprint density at radius 2 is 2.30 bits per heavy atom. The van der Waals surface area contributed by atoms with Crippen LogP contribution in [0.25, 0.3) is 6.08 Å². The maximum Gasteiger partial charge on any atom is 0.279 e. The van der Waals surface area contributed by atoms with Crippen LogP contribution in [0.2, 0.25) is 0 Å². The van der Waals surface area contributed by atoms with E-state index in [0.717, 1.165) is 12.1 Å². The van der Waals surface area contributed by atoms with Gasteiger partial charge in [-0.25, -0.2) is 4.39 Å². The van der Waals surface area contributed by atoms with Crippen LogP contribution in [0, 0.1) is 15.9 Å². The highest BCUT2D eigenvalue weighted by molar-refractivity contribution is 5.92. The summed E-state index contributed by atoms with van der Waals surface area (Å²) < 4.78 is 13.0. The maximum absolute atomic E-state index is 13.0. The quantitative estimate of drug-likeness (QED) is 0.514. The third kappa shape index (κ3) is 3.18. The van der Waals surface area contributed by atoms with E-state index in [2.05, 4.69) is 0 Å². The zero-order chi connectivity index (χ0) is 14.7. The molecular weight excluding hydrogens is 267 g/mol. The van der Waals surface area contributed by atoms with Gasteiger partial charge in [-0.3, -0.25) is 14.9 Å². The van der Waals surface area contributed by atoms with Gasteiger partial charge < -0.3 is 10.0 Å². The maximum atomic E-state index is 13.0. The second-order valence-electron chi connectivity index (χ2n) is 4.52. The second-order valence-corrected chi connectivity index (χ2v) is 4.52. The molecule has 0 bridgehead atoms. The molecule has 0 aromatic heterocycles. The molecule has 7 heteroatoms. The number of hydrogen-bond acceptors (Lipinski definition) is 4. The van der Waals surface area contributed by atoms with E-state index in [1.807, 2.05) is 0 Å². The highest BCUT2D eigenvalue weighted by Crippen LogP contribution is 2.21. The molecule has 6 nitrogen and oxygen atoms in total. The van der Waals surface area contributed by atoms with Crippen molar-refractivity contribution in [2.75, 3.05) is 13.1 Å². The molecule has 1 N–H and O–H groups in total. The van der Waals surface area contributed by atoms with Crippen molar-refractivity contribution in [1.29, 1.82) is 0 Å². The van der Waals surface area contributed by atoms with E-state index in [9.17, 15) is 24.4 Å². The Bertz CT molecular complexity index is 573. The fourth-order valence-electron chi connectivity index (χ4n) is 2.02. The van der Waals surface area contributed by atoms with E-state index in [1.54, 1.807) is 0 Å². The van der Waals surface area contributed by atoms with Gasteiger partial charge in [-0.15, -0.1) is 0 Å². The highest BCUT2D eigenvalue weighted by Gasteiger charge is 2.23. The summed E-state index contributed by atoms with van der Waals surface area (Å²) in [7, 11) is 0. The summed E-state index contributed by atoms with van der Waals surface area (Å²) >= 11 is 0. The van der Waals surface area contributed by atoms with E-state index in [-0.39, 0.29) is 18.0 Å². The summed E-state index contributed by atoms with van der Waals surface area (Å²) in [6, 6.07) is 3.15. The molecule has 20 heavy (non-hydrogen) atoms. The lowest BCUT2D eigenvalue weighted by atomic mass is 10.1. The SMILES string of the molecule is O=C(C=Cc1ccc(F)cc1[N+](=O)[O-])N1CC[C@@H](O)C1. The largest absolute Gasteiger partial charge is 0.391 e. The predicted molar refractivity (Wildman–Crippen MR) is 69.3 cm³/mol. The van der Waals surface area contributed by atoms with Gasteiger partial charge in [0.15, 0.2) is 0 Å². The lowest BCUT2D eigenvalue weighted by molar-refractivity contribution is -0.385. The summed E-state index contributed by atoms with van der Waals surface area (Å²) in [5.41, 5.74) is -0.236. The molecule has 0 aliphatic carbocycles. The van der Waals surface area contributed by atoms with Crippen molar-refractivity contribution in [3.05, 3.63) is 45.8 Å². The van der Waals surface area contributed by atoms with Crippen molar-refractivity contribution in [2.45, 2.75) is 12.5 Å². The van der Waals surface area contributed by atoms with Gasteiger partial charge in [0.05, 0.1) is 22.7 Å². The molecule has 0 saturated carbocycles. The van der Waals surface area contributed by atoms with E-state index in [4.69, 9.17) is 0 Å². The molecule has 0 unspecified atom stereocenters. The van der Waals surface area contributed by atoms with Crippen LogP contribution in [-0.2, 0) is 4.79 Å². The third-order valence-corrected chi connectivity index (χ3v) is 3.07. The molecule has 1 saturated heterocycles. The molecule has 1 aliphatic rings.